The second-order valence-corrected chi connectivity index (χ2v) is 9.88. The fourth-order valence-corrected chi connectivity index (χ4v) is 5.69. The van der Waals surface area contributed by atoms with Crippen molar-refractivity contribution >= 4 is 17.3 Å². The molecule has 0 spiro atoms. The summed E-state index contributed by atoms with van der Waals surface area (Å²) >= 11 is 0. The van der Waals surface area contributed by atoms with E-state index in [0.29, 0.717) is 0 Å². The van der Waals surface area contributed by atoms with Gasteiger partial charge in [0.05, 0.1) is 5.60 Å². The third-order valence-electron chi connectivity index (χ3n) is 7.77. The summed E-state index contributed by atoms with van der Waals surface area (Å²) < 4.78 is 0. The molecule has 0 unspecified atom stereocenters. The van der Waals surface area contributed by atoms with Crippen molar-refractivity contribution in [2.75, 3.05) is 49.6 Å². The van der Waals surface area contributed by atoms with Gasteiger partial charge in [0, 0.05) is 50.0 Å². The van der Waals surface area contributed by atoms with Crippen molar-refractivity contribution < 1.29 is 9.90 Å². The van der Waals surface area contributed by atoms with Crippen molar-refractivity contribution in [3.8, 4) is 0 Å². The van der Waals surface area contributed by atoms with Crippen molar-refractivity contribution in [2.45, 2.75) is 44.1 Å². The Morgan fingerprint density at radius 2 is 1.62 bits per heavy atom. The first-order valence-electron chi connectivity index (χ1n) is 12.2. The maximum absolute atomic E-state index is 13.3. The van der Waals surface area contributed by atoms with E-state index in [0.717, 1.165) is 82.5 Å². The highest BCUT2D eigenvalue weighted by Crippen LogP contribution is 2.39. The SMILES string of the molecule is CN1CCN(c2ccccc2C[C@H]2CCN(c3ccc(C4(O)CCCC4)cc3)C2=O)CC1. The summed E-state index contributed by atoms with van der Waals surface area (Å²) in [6, 6.07) is 16.7. The van der Waals surface area contributed by atoms with E-state index in [2.05, 4.69) is 41.1 Å². The number of hydrogen-bond donors (Lipinski definition) is 1. The Hall–Kier alpha value is -2.37. The Kier molecular flexibility index (Phi) is 5.95. The summed E-state index contributed by atoms with van der Waals surface area (Å²) in [5.74, 6) is 0.257. The first kappa shape index (κ1) is 21.5. The maximum atomic E-state index is 13.3. The molecule has 1 aliphatic carbocycles. The van der Waals surface area contributed by atoms with Crippen LogP contribution in [0.15, 0.2) is 48.5 Å². The van der Waals surface area contributed by atoms with Crippen LogP contribution >= 0.6 is 0 Å². The third-order valence-corrected chi connectivity index (χ3v) is 7.77. The number of carbonyl (C=O) groups is 1. The standard InChI is InChI=1S/C27H35N3O2/c1-28-16-18-29(19-17-28)25-7-3-2-6-21(25)20-22-12-15-30(26(22)31)24-10-8-23(9-11-24)27(32)13-4-5-14-27/h2-3,6-11,22,32H,4-5,12-20H2,1H3/t22-/m1/s1. The molecule has 1 amide bonds. The number of rotatable bonds is 5. The van der Waals surface area contributed by atoms with Crippen LogP contribution in [0.5, 0.6) is 0 Å². The van der Waals surface area contributed by atoms with Crippen LogP contribution in [-0.2, 0) is 16.8 Å². The van der Waals surface area contributed by atoms with E-state index in [-0.39, 0.29) is 11.8 Å². The van der Waals surface area contributed by atoms with Gasteiger partial charge in [0.25, 0.3) is 0 Å². The van der Waals surface area contributed by atoms with Crippen molar-refractivity contribution in [2.24, 2.45) is 5.92 Å². The van der Waals surface area contributed by atoms with E-state index >= 15 is 0 Å². The molecule has 5 heteroatoms. The molecule has 1 saturated carbocycles. The summed E-state index contributed by atoms with van der Waals surface area (Å²) in [4.78, 5) is 20.1. The zero-order valence-corrected chi connectivity index (χ0v) is 19.2. The Labute approximate surface area is 191 Å². The first-order chi connectivity index (χ1) is 15.5. The lowest BCUT2D eigenvalue weighted by Crippen LogP contribution is -2.44. The van der Waals surface area contributed by atoms with E-state index in [9.17, 15) is 9.90 Å². The molecule has 3 aliphatic rings. The number of nitrogens with zero attached hydrogens (tertiary/aromatic N) is 3. The highest BCUT2D eigenvalue weighted by Gasteiger charge is 2.35. The Balaban J connectivity index is 1.27. The summed E-state index contributed by atoms with van der Waals surface area (Å²) in [5.41, 5.74) is 3.85. The summed E-state index contributed by atoms with van der Waals surface area (Å²) in [7, 11) is 2.18. The predicted octanol–water partition coefficient (Wildman–Crippen LogP) is 3.80. The van der Waals surface area contributed by atoms with Crippen LogP contribution in [0.1, 0.15) is 43.2 Å². The number of hydrogen-bond acceptors (Lipinski definition) is 4. The van der Waals surface area contributed by atoms with E-state index in [1.165, 1.54) is 11.3 Å². The molecule has 2 aromatic carbocycles. The summed E-state index contributed by atoms with van der Waals surface area (Å²) in [6.07, 6.45) is 5.53. The topological polar surface area (TPSA) is 47.0 Å². The normalized spacial score (nSPS) is 23.8. The van der Waals surface area contributed by atoms with Gasteiger partial charge in [-0.05, 0) is 62.1 Å². The quantitative estimate of drug-likeness (QED) is 0.779. The fraction of sp³-hybridized carbons (Fsp3) is 0.519. The average Bonchev–Trinajstić information content (AvgIpc) is 3.42. The monoisotopic (exact) mass is 433 g/mol. The van der Waals surface area contributed by atoms with Crippen LogP contribution in [0.4, 0.5) is 11.4 Å². The number of benzene rings is 2. The zero-order valence-electron chi connectivity index (χ0n) is 19.2. The molecule has 2 aromatic rings. The molecule has 1 atom stereocenters. The van der Waals surface area contributed by atoms with Crippen molar-refractivity contribution in [3.63, 3.8) is 0 Å². The lowest BCUT2D eigenvalue weighted by Gasteiger charge is -2.35. The highest BCUT2D eigenvalue weighted by molar-refractivity contribution is 5.97. The van der Waals surface area contributed by atoms with E-state index < -0.39 is 5.60 Å². The molecule has 0 radical (unpaired) electrons. The molecule has 2 saturated heterocycles. The van der Waals surface area contributed by atoms with Gasteiger partial charge in [0.2, 0.25) is 5.91 Å². The Morgan fingerprint density at radius 3 is 2.34 bits per heavy atom. The number of carbonyl (C=O) groups excluding carboxylic acids is 1. The van der Waals surface area contributed by atoms with Gasteiger partial charge < -0.3 is 19.8 Å². The van der Waals surface area contributed by atoms with Gasteiger partial charge in [-0.25, -0.2) is 0 Å². The average molecular weight is 434 g/mol. The first-order valence-corrected chi connectivity index (χ1v) is 12.2. The molecule has 2 heterocycles. The van der Waals surface area contributed by atoms with Crippen LogP contribution in [0.3, 0.4) is 0 Å². The van der Waals surface area contributed by atoms with Crippen LogP contribution in [0, 0.1) is 5.92 Å². The number of piperazine rings is 1. The summed E-state index contributed by atoms with van der Waals surface area (Å²) in [5, 5.41) is 10.8. The Bertz CT molecular complexity index is 944. The lowest BCUT2D eigenvalue weighted by molar-refractivity contribution is -0.120. The van der Waals surface area contributed by atoms with Gasteiger partial charge in [-0.3, -0.25) is 4.79 Å². The van der Waals surface area contributed by atoms with Crippen molar-refractivity contribution in [1.82, 2.24) is 4.90 Å². The number of para-hydroxylation sites is 1. The minimum absolute atomic E-state index is 0.0299. The number of likely N-dealkylation sites (N-methyl/N-ethyl adjacent to an activating group) is 1. The van der Waals surface area contributed by atoms with Crippen LogP contribution < -0.4 is 9.80 Å². The summed E-state index contributed by atoms with van der Waals surface area (Å²) in [6.45, 7) is 5.00. The van der Waals surface area contributed by atoms with Crippen molar-refractivity contribution in [3.05, 3.63) is 59.7 Å². The van der Waals surface area contributed by atoms with E-state index in [1.54, 1.807) is 0 Å². The van der Waals surface area contributed by atoms with Gasteiger partial charge in [-0.1, -0.05) is 43.2 Å². The van der Waals surface area contributed by atoms with Crippen molar-refractivity contribution in [1.29, 1.82) is 0 Å². The number of anilines is 2. The molecule has 1 N–H and O–H groups in total. The van der Waals surface area contributed by atoms with E-state index in [4.69, 9.17) is 0 Å². The maximum Gasteiger partial charge on any atom is 0.230 e. The predicted molar refractivity (Wildman–Crippen MR) is 129 cm³/mol. The minimum atomic E-state index is -0.678. The largest absolute Gasteiger partial charge is 0.385 e. The molecule has 32 heavy (non-hydrogen) atoms. The Morgan fingerprint density at radius 1 is 0.938 bits per heavy atom. The minimum Gasteiger partial charge on any atom is -0.385 e. The van der Waals surface area contributed by atoms with Gasteiger partial charge >= 0.3 is 0 Å². The molecule has 3 fully saturated rings. The molecule has 2 aliphatic heterocycles. The second kappa shape index (κ2) is 8.87. The molecule has 170 valence electrons. The molecule has 0 aromatic heterocycles. The lowest BCUT2D eigenvalue weighted by atomic mass is 9.92. The molecule has 5 rings (SSSR count). The second-order valence-electron chi connectivity index (χ2n) is 9.88. The van der Waals surface area contributed by atoms with Crippen LogP contribution in [0.2, 0.25) is 0 Å². The number of aliphatic hydroxyl groups is 1. The van der Waals surface area contributed by atoms with Gasteiger partial charge in [0.1, 0.15) is 0 Å². The smallest absolute Gasteiger partial charge is 0.230 e. The zero-order chi connectivity index (χ0) is 22.1. The molecule has 5 nitrogen and oxygen atoms in total. The van der Waals surface area contributed by atoms with Crippen LogP contribution in [0.25, 0.3) is 0 Å². The molecular weight excluding hydrogens is 398 g/mol. The third kappa shape index (κ3) is 4.16. The van der Waals surface area contributed by atoms with Gasteiger partial charge in [-0.2, -0.15) is 0 Å². The van der Waals surface area contributed by atoms with E-state index in [1.807, 2.05) is 29.2 Å². The highest BCUT2D eigenvalue weighted by atomic mass is 16.3. The molecular formula is C27H35N3O2. The molecule has 0 bridgehead atoms. The van der Waals surface area contributed by atoms with Crippen LogP contribution in [-0.4, -0.2) is 55.7 Å². The van der Waals surface area contributed by atoms with Gasteiger partial charge in [0.15, 0.2) is 0 Å². The van der Waals surface area contributed by atoms with Gasteiger partial charge in [-0.15, -0.1) is 0 Å². The fourth-order valence-electron chi connectivity index (χ4n) is 5.69. The number of amides is 1.